The molecule has 0 bridgehead atoms. The second-order valence-corrected chi connectivity index (χ2v) is 4.50. The first-order valence-corrected chi connectivity index (χ1v) is 5.19. The monoisotopic (exact) mass is 251 g/mol. The van der Waals surface area contributed by atoms with Crippen LogP contribution in [-0.2, 0) is 10.0 Å². The molecule has 1 aromatic rings. The summed E-state index contributed by atoms with van der Waals surface area (Å²) in [6.07, 6.45) is 1.11. The summed E-state index contributed by atoms with van der Waals surface area (Å²) < 4.78 is 22.0. The third kappa shape index (κ3) is 1.93. The number of pyridine rings is 1. The third-order valence-corrected chi connectivity index (χ3v) is 2.69. The van der Waals surface area contributed by atoms with Crippen molar-refractivity contribution in [1.29, 1.82) is 0 Å². The van der Waals surface area contributed by atoms with E-state index in [0.717, 1.165) is 6.20 Å². The van der Waals surface area contributed by atoms with Gasteiger partial charge >= 0.3 is 0 Å². The fraction of sp³-hybridized carbons (Fsp3) is 0. The van der Waals surface area contributed by atoms with Crippen LogP contribution in [0.25, 0.3) is 0 Å². The van der Waals surface area contributed by atoms with Crippen LogP contribution in [0.1, 0.15) is 0 Å². The summed E-state index contributed by atoms with van der Waals surface area (Å²) in [6, 6.07) is 1.30. The Bertz CT molecular complexity index is 403. The van der Waals surface area contributed by atoms with Gasteiger partial charge in [0.15, 0.2) is 0 Å². The quantitative estimate of drug-likeness (QED) is 0.738. The maximum absolute atomic E-state index is 10.8. The van der Waals surface area contributed by atoms with E-state index in [0.29, 0.717) is 4.47 Å². The van der Waals surface area contributed by atoms with E-state index in [1.54, 1.807) is 0 Å². The van der Waals surface area contributed by atoms with Crippen molar-refractivity contribution in [2.75, 3.05) is 5.73 Å². The second kappa shape index (κ2) is 3.00. The molecule has 12 heavy (non-hydrogen) atoms. The molecule has 1 heterocycles. The lowest BCUT2D eigenvalue weighted by atomic mass is 10.5. The number of primary sulfonamides is 1. The van der Waals surface area contributed by atoms with Crippen molar-refractivity contribution < 1.29 is 8.42 Å². The summed E-state index contributed by atoms with van der Waals surface area (Å²) in [5.41, 5.74) is 5.34. The Labute approximate surface area is 78.0 Å². The smallest absolute Gasteiger partial charge is 0.239 e. The van der Waals surface area contributed by atoms with E-state index in [2.05, 4.69) is 20.9 Å². The number of hydrogen-bond donors (Lipinski definition) is 2. The number of nitrogens with zero attached hydrogens (tertiary/aromatic N) is 1. The molecule has 1 rings (SSSR count). The van der Waals surface area contributed by atoms with E-state index in [-0.39, 0.29) is 10.7 Å². The molecule has 0 atom stereocenters. The topological polar surface area (TPSA) is 99.1 Å². The van der Waals surface area contributed by atoms with Gasteiger partial charge in [-0.3, -0.25) is 0 Å². The molecule has 5 nitrogen and oxygen atoms in total. The van der Waals surface area contributed by atoms with E-state index < -0.39 is 10.0 Å². The highest BCUT2D eigenvalue weighted by Gasteiger charge is 2.09. The molecule has 0 spiro atoms. The zero-order valence-corrected chi connectivity index (χ0v) is 8.26. The molecular weight excluding hydrogens is 246 g/mol. The maximum Gasteiger partial charge on any atom is 0.239 e. The minimum absolute atomic E-state index is 0.0661. The Morgan fingerprint density at radius 3 is 2.50 bits per heavy atom. The van der Waals surface area contributed by atoms with Gasteiger partial charge in [-0.2, -0.15) is 0 Å². The third-order valence-electron chi connectivity index (χ3n) is 1.17. The number of halogens is 1. The van der Waals surface area contributed by atoms with Gasteiger partial charge in [-0.05, 0) is 22.0 Å². The fourth-order valence-electron chi connectivity index (χ4n) is 0.587. The zero-order chi connectivity index (χ0) is 9.35. The van der Waals surface area contributed by atoms with Gasteiger partial charge in [-0.25, -0.2) is 18.5 Å². The van der Waals surface area contributed by atoms with Gasteiger partial charge in [0.2, 0.25) is 10.0 Å². The van der Waals surface area contributed by atoms with Gasteiger partial charge in [0.1, 0.15) is 10.7 Å². The summed E-state index contributed by atoms with van der Waals surface area (Å²) in [7, 11) is -3.69. The van der Waals surface area contributed by atoms with Crippen LogP contribution >= 0.6 is 15.9 Å². The van der Waals surface area contributed by atoms with E-state index >= 15 is 0 Å². The van der Waals surface area contributed by atoms with Crippen molar-refractivity contribution in [3.8, 4) is 0 Å². The van der Waals surface area contributed by atoms with Crippen molar-refractivity contribution in [1.82, 2.24) is 4.98 Å². The molecule has 0 fully saturated rings. The molecule has 0 saturated heterocycles. The molecular formula is C5H6BrN3O2S. The molecule has 0 aliphatic rings. The molecule has 0 amide bonds. The van der Waals surface area contributed by atoms with Crippen molar-refractivity contribution in [3.63, 3.8) is 0 Å². The van der Waals surface area contributed by atoms with Crippen LogP contribution in [0.5, 0.6) is 0 Å². The number of sulfonamides is 1. The van der Waals surface area contributed by atoms with Crippen molar-refractivity contribution in [2.45, 2.75) is 4.90 Å². The SMILES string of the molecule is Nc1ncc(S(N)(=O)=O)cc1Br. The van der Waals surface area contributed by atoms with E-state index in [9.17, 15) is 8.42 Å². The van der Waals surface area contributed by atoms with Crippen LogP contribution in [0, 0.1) is 0 Å². The minimum Gasteiger partial charge on any atom is -0.383 e. The number of rotatable bonds is 1. The second-order valence-electron chi connectivity index (χ2n) is 2.08. The minimum atomic E-state index is -3.69. The zero-order valence-electron chi connectivity index (χ0n) is 5.86. The average molecular weight is 252 g/mol. The Morgan fingerprint density at radius 1 is 1.50 bits per heavy atom. The van der Waals surface area contributed by atoms with Gasteiger partial charge in [-0.15, -0.1) is 0 Å². The van der Waals surface area contributed by atoms with Crippen LogP contribution in [-0.4, -0.2) is 13.4 Å². The number of aromatic nitrogens is 1. The first kappa shape index (κ1) is 9.43. The molecule has 66 valence electrons. The summed E-state index contributed by atoms with van der Waals surface area (Å²) in [5, 5.41) is 4.85. The molecule has 0 saturated carbocycles. The normalized spacial score (nSPS) is 11.5. The van der Waals surface area contributed by atoms with Crippen LogP contribution in [0.3, 0.4) is 0 Å². The predicted octanol–water partition coefficient (Wildman–Crippen LogP) is 0.0737. The molecule has 0 aliphatic heterocycles. The first-order valence-electron chi connectivity index (χ1n) is 2.85. The summed E-state index contributed by atoms with van der Waals surface area (Å²) in [6.45, 7) is 0. The van der Waals surface area contributed by atoms with Crippen molar-refractivity contribution in [2.24, 2.45) is 5.14 Å². The molecule has 4 N–H and O–H groups in total. The molecule has 7 heteroatoms. The predicted molar refractivity (Wildman–Crippen MR) is 47.7 cm³/mol. The maximum atomic E-state index is 10.8. The Morgan fingerprint density at radius 2 is 2.08 bits per heavy atom. The Balaban J connectivity index is 3.33. The molecule has 0 aliphatic carbocycles. The highest BCUT2D eigenvalue weighted by molar-refractivity contribution is 9.10. The molecule has 0 aromatic carbocycles. The lowest BCUT2D eigenvalue weighted by Gasteiger charge is -1.99. The van der Waals surface area contributed by atoms with Gasteiger partial charge < -0.3 is 5.73 Å². The van der Waals surface area contributed by atoms with Gasteiger partial charge in [0.05, 0.1) is 4.47 Å². The highest BCUT2D eigenvalue weighted by Crippen LogP contribution is 2.19. The lowest BCUT2D eigenvalue weighted by molar-refractivity contribution is 0.597. The van der Waals surface area contributed by atoms with E-state index in [1.165, 1.54) is 6.07 Å². The largest absolute Gasteiger partial charge is 0.383 e. The highest BCUT2D eigenvalue weighted by atomic mass is 79.9. The van der Waals surface area contributed by atoms with E-state index in [1.807, 2.05) is 0 Å². The van der Waals surface area contributed by atoms with Gasteiger partial charge in [0.25, 0.3) is 0 Å². The van der Waals surface area contributed by atoms with Crippen LogP contribution in [0.4, 0.5) is 5.82 Å². The number of hydrogen-bond acceptors (Lipinski definition) is 4. The summed E-state index contributed by atoms with van der Waals surface area (Å²) in [5.74, 6) is 0.224. The lowest BCUT2D eigenvalue weighted by Crippen LogP contribution is -2.12. The first-order chi connectivity index (χ1) is 5.41. The average Bonchev–Trinajstić information content (AvgIpc) is 1.92. The molecule has 1 aromatic heterocycles. The molecule has 0 unspecified atom stereocenters. The summed E-state index contributed by atoms with van der Waals surface area (Å²) >= 11 is 3.03. The fourth-order valence-corrected chi connectivity index (χ4v) is 1.57. The van der Waals surface area contributed by atoms with Crippen LogP contribution < -0.4 is 10.9 Å². The van der Waals surface area contributed by atoms with Crippen molar-refractivity contribution >= 4 is 31.8 Å². The summed E-state index contributed by atoms with van der Waals surface area (Å²) in [4.78, 5) is 3.55. The van der Waals surface area contributed by atoms with Crippen LogP contribution in [0.15, 0.2) is 21.6 Å². The van der Waals surface area contributed by atoms with E-state index in [4.69, 9.17) is 10.9 Å². The number of nitrogen functional groups attached to an aromatic ring is 1. The standard InChI is InChI=1S/C5H6BrN3O2S/c6-4-1-3(12(8,10)11)2-9-5(4)7/h1-2H,(H2,7,9)(H2,8,10,11). The molecule has 0 radical (unpaired) electrons. The van der Waals surface area contributed by atoms with Gasteiger partial charge in [-0.1, -0.05) is 0 Å². The number of anilines is 1. The van der Waals surface area contributed by atoms with Gasteiger partial charge in [0, 0.05) is 6.20 Å². The number of nitrogens with two attached hydrogens (primary N) is 2. The van der Waals surface area contributed by atoms with Crippen molar-refractivity contribution in [3.05, 3.63) is 16.7 Å². The Hall–Kier alpha value is -0.660. The van der Waals surface area contributed by atoms with Crippen LogP contribution in [0.2, 0.25) is 0 Å². The Kier molecular flexibility index (Phi) is 2.36.